The van der Waals surface area contributed by atoms with Gasteiger partial charge in [-0.25, -0.2) is 9.78 Å². The highest BCUT2D eigenvalue weighted by molar-refractivity contribution is 7.11. The van der Waals surface area contributed by atoms with E-state index in [9.17, 15) is 9.59 Å². The molecule has 0 aromatic carbocycles. The van der Waals surface area contributed by atoms with Gasteiger partial charge in [-0.1, -0.05) is 27.7 Å². The van der Waals surface area contributed by atoms with Gasteiger partial charge in [-0.05, 0) is 6.42 Å². The molecule has 0 saturated heterocycles. The summed E-state index contributed by atoms with van der Waals surface area (Å²) in [5.41, 5.74) is 2.07. The number of amides is 1. The molecule has 100 valence electrons. The molecule has 0 radical (unpaired) electrons. The molecule has 2 N–H and O–H groups in total. The molecular formula is C12H18N2O3S. The van der Waals surface area contributed by atoms with Crippen LogP contribution >= 0.6 is 11.3 Å². The van der Waals surface area contributed by atoms with Gasteiger partial charge >= 0.3 is 5.97 Å². The molecule has 0 fully saturated rings. The molecule has 5 nitrogen and oxygen atoms in total. The van der Waals surface area contributed by atoms with E-state index in [0.29, 0.717) is 17.0 Å². The van der Waals surface area contributed by atoms with Crippen LogP contribution in [0.2, 0.25) is 0 Å². The van der Waals surface area contributed by atoms with E-state index in [-0.39, 0.29) is 11.3 Å². The van der Waals surface area contributed by atoms with Gasteiger partial charge in [-0.2, -0.15) is 0 Å². The quantitative estimate of drug-likeness (QED) is 0.877. The van der Waals surface area contributed by atoms with Gasteiger partial charge in [0.05, 0.1) is 11.2 Å². The van der Waals surface area contributed by atoms with E-state index in [4.69, 9.17) is 5.11 Å². The first-order valence-electron chi connectivity index (χ1n) is 5.75. The molecular weight excluding hydrogens is 252 g/mol. The minimum Gasteiger partial charge on any atom is -0.480 e. The Morgan fingerprint density at radius 1 is 1.50 bits per heavy atom. The SMILES string of the molecule is CCC(NC(=O)c1scnc1C(C)(C)C)C(=O)O. The molecule has 0 bridgehead atoms. The maximum absolute atomic E-state index is 12.0. The number of nitrogens with zero attached hydrogens (tertiary/aromatic N) is 1. The zero-order valence-electron chi connectivity index (χ0n) is 11.0. The van der Waals surface area contributed by atoms with Crippen LogP contribution in [0.25, 0.3) is 0 Å². The van der Waals surface area contributed by atoms with Gasteiger partial charge in [0, 0.05) is 5.41 Å². The number of aromatic nitrogens is 1. The molecule has 18 heavy (non-hydrogen) atoms. The van der Waals surface area contributed by atoms with Crippen LogP contribution in [0.4, 0.5) is 0 Å². The maximum atomic E-state index is 12.0. The number of carbonyl (C=O) groups is 2. The fourth-order valence-corrected chi connectivity index (χ4v) is 2.40. The zero-order chi connectivity index (χ0) is 13.9. The van der Waals surface area contributed by atoms with E-state index in [1.165, 1.54) is 11.3 Å². The number of aliphatic carboxylic acids is 1. The first-order valence-corrected chi connectivity index (χ1v) is 6.63. The number of carbonyl (C=O) groups excluding carboxylic acids is 1. The number of nitrogens with one attached hydrogen (secondary N) is 1. The molecule has 1 unspecified atom stereocenters. The minimum absolute atomic E-state index is 0.238. The highest BCUT2D eigenvalue weighted by Gasteiger charge is 2.27. The van der Waals surface area contributed by atoms with Gasteiger partial charge in [-0.3, -0.25) is 4.79 Å². The number of hydrogen-bond donors (Lipinski definition) is 2. The van der Waals surface area contributed by atoms with Crippen molar-refractivity contribution >= 4 is 23.2 Å². The van der Waals surface area contributed by atoms with Crippen molar-refractivity contribution in [3.8, 4) is 0 Å². The zero-order valence-corrected chi connectivity index (χ0v) is 11.8. The highest BCUT2D eigenvalue weighted by atomic mass is 32.1. The van der Waals surface area contributed by atoms with Crippen LogP contribution < -0.4 is 5.32 Å². The Labute approximate surface area is 110 Å². The Morgan fingerprint density at radius 3 is 2.56 bits per heavy atom. The van der Waals surface area contributed by atoms with E-state index < -0.39 is 12.0 Å². The van der Waals surface area contributed by atoms with Crippen molar-refractivity contribution in [2.75, 3.05) is 0 Å². The molecule has 6 heteroatoms. The number of carboxylic acids is 1. The Morgan fingerprint density at radius 2 is 2.11 bits per heavy atom. The molecule has 1 heterocycles. The van der Waals surface area contributed by atoms with Crippen LogP contribution in [0.1, 0.15) is 49.5 Å². The largest absolute Gasteiger partial charge is 0.480 e. The van der Waals surface area contributed by atoms with Crippen molar-refractivity contribution < 1.29 is 14.7 Å². The van der Waals surface area contributed by atoms with E-state index >= 15 is 0 Å². The van der Waals surface area contributed by atoms with E-state index in [2.05, 4.69) is 10.3 Å². The van der Waals surface area contributed by atoms with Gasteiger partial charge in [0.1, 0.15) is 10.9 Å². The third-order valence-electron chi connectivity index (χ3n) is 2.50. The van der Waals surface area contributed by atoms with E-state index in [0.717, 1.165) is 0 Å². The fraction of sp³-hybridized carbons (Fsp3) is 0.583. The fourth-order valence-electron chi connectivity index (χ4n) is 1.50. The predicted octanol–water partition coefficient (Wildman–Crippen LogP) is 2.03. The lowest BCUT2D eigenvalue weighted by Crippen LogP contribution is -2.40. The molecule has 1 atom stereocenters. The van der Waals surface area contributed by atoms with Gasteiger partial charge in [0.2, 0.25) is 0 Å². The lowest BCUT2D eigenvalue weighted by atomic mass is 9.91. The Balaban J connectivity index is 2.92. The summed E-state index contributed by atoms with van der Waals surface area (Å²) in [6.07, 6.45) is 0.352. The molecule has 1 amide bonds. The van der Waals surface area contributed by atoms with E-state index in [1.807, 2.05) is 20.8 Å². The smallest absolute Gasteiger partial charge is 0.326 e. The van der Waals surface area contributed by atoms with Crippen molar-refractivity contribution in [3.63, 3.8) is 0 Å². The second-order valence-electron chi connectivity index (χ2n) is 5.05. The molecule has 0 spiro atoms. The molecule has 0 aliphatic heterocycles. The summed E-state index contributed by atoms with van der Waals surface area (Å²) in [6, 6.07) is -0.854. The lowest BCUT2D eigenvalue weighted by Gasteiger charge is -2.18. The third kappa shape index (κ3) is 3.29. The summed E-state index contributed by atoms with van der Waals surface area (Å²) in [7, 11) is 0. The summed E-state index contributed by atoms with van der Waals surface area (Å²) in [6.45, 7) is 7.62. The number of hydrogen-bond acceptors (Lipinski definition) is 4. The second kappa shape index (κ2) is 5.48. The van der Waals surface area contributed by atoms with Crippen molar-refractivity contribution in [2.24, 2.45) is 0 Å². The molecule has 1 aromatic rings. The van der Waals surface area contributed by atoms with Gasteiger partial charge < -0.3 is 10.4 Å². The van der Waals surface area contributed by atoms with Crippen molar-refractivity contribution in [3.05, 3.63) is 16.1 Å². The van der Waals surface area contributed by atoms with Gasteiger partial charge in [0.25, 0.3) is 5.91 Å². The second-order valence-corrected chi connectivity index (χ2v) is 5.91. The number of carboxylic acid groups (broad SMARTS) is 1. The van der Waals surface area contributed by atoms with Gasteiger partial charge in [-0.15, -0.1) is 11.3 Å². The Bertz CT molecular complexity index is 448. The normalized spacial score (nSPS) is 13.1. The number of rotatable bonds is 4. The monoisotopic (exact) mass is 270 g/mol. The summed E-state index contributed by atoms with van der Waals surface area (Å²) >= 11 is 1.23. The highest BCUT2D eigenvalue weighted by Crippen LogP contribution is 2.27. The Hall–Kier alpha value is -1.43. The lowest BCUT2D eigenvalue weighted by molar-refractivity contribution is -0.139. The van der Waals surface area contributed by atoms with Crippen LogP contribution in [0.3, 0.4) is 0 Å². The Kier molecular flexibility index (Phi) is 4.45. The molecule has 0 aliphatic rings. The van der Waals surface area contributed by atoms with Crippen LogP contribution in [0, 0.1) is 0 Å². The molecule has 0 saturated carbocycles. The molecule has 1 rings (SSSR count). The first kappa shape index (κ1) is 14.6. The minimum atomic E-state index is -1.02. The van der Waals surface area contributed by atoms with Gasteiger partial charge in [0.15, 0.2) is 0 Å². The predicted molar refractivity (Wildman–Crippen MR) is 70.0 cm³/mol. The molecule has 0 aliphatic carbocycles. The number of thiazole rings is 1. The van der Waals surface area contributed by atoms with E-state index in [1.54, 1.807) is 12.4 Å². The average molecular weight is 270 g/mol. The first-order chi connectivity index (χ1) is 8.27. The maximum Gasteiger partial charge on any atom is 0.326 e. The van der Waals surface area contributed by atoms with Crippen molar-refractivity contribution in [2.45, 2.75) is 45.6 Å². The summed E-state index contributed by atoms with van der Waals surface area (Å²) in [4.78, 5) is 27.6. The summed E-state index contributed by atoms with van der Waals surface area (Å²) in [5, 5.41) is 11.4. The summed E-state index contributed by atoms with van der Waals surface area (Å²) < 4.78 is 0. The topological polar surface area (TPSA) is 79.3 Å². The standard InChI is InChI=1S/C12H18N2O3S/c1-5-7(11(16)17)14-10(15)8-9(12(2,3)4)13-6-18-8/h6-7H,5H2,1-4H3,(H,14,15)(H,16,17). The van der Waals surface area contributed by atoms with Crippen molar-refractivity contribution in [1.29, 1.82) is 0 Å². The van der Waals surface area contributed by atoms with Crippen LogP contribution in [0.5, 0.6) is 0 Å². The van der Waals surface area contributed by atoms with Crippen LogP contribution in [0.15, 0.2) is 5.51 Å². The average Bonchev–Trinajstić information content (AvgIpc) is 2.73. The van der Waals surface area contributed by atoms with Crippen LogP contribution in [-0.4, -0.2) is 28.0 Å². The summed E-state index contributed by atoms with van der Waals surface area (Å²) in [5.74, 6) is -1.38. The van der Waals surface area contributed by atoms with Crippen molar-refractivity contribution in [1.82, 2.24) is 10.3 Å². The molecule has 1 aromatic heterocycles. The van der Waals surface area contributed by atoms with Crippen LogP contribution in [-0.2, 0) is 10.2 Å². The third-order valence-corrected chi connectivity index (χ3v) is 3.32.